The Bertz CT molecular complexity index is 398. The van der Waals surface area contributed by atoms with Crippen LogP contribution in [0, 0.1) is 0 Å². The highest BCUT2D eigenvalue weighted by Crippen LogP contribution is 2.18. The number of nitrogens with zero attached hydrogens (tertiary/aromatic N) is 1. The van der Waals surface area contributed by atoms with Crippen LogP contribution >= 0.6 is 11.3 Å². The molecular weight excluding hydrogens is 234 g/mol. The molecule has 4 heteroatoms. The maximum absolute atomic E-state index is 10.4. The van der Waals surface area contributed by atoms with Crippen LogP contribution < -0.4 is 0 Å². The molecule has 1 rings (SSSR count). The van der Waals surface area contributed by atoms with Gasteiger partial charge in [-0.15, -0.1) is 11.3 Å². The van der Waals surface area contributed by atoms with Gasteiger partial charge in [-0.2, -0.15) is 0 Å². The second kappa shape index (κ2) is 6.57. The minimum Gasteiger partial charge on any atom is -0.478 e. The van der Waals surface area contributed by atoms with E-state index in [2.05, 4.69) is 25.8 Å². The van der Waals surface area contributed by atoms with E-state index in [1.165, 1.54) is 11.0 Å². The number of hydrogen-bond acceptors (Lipinski definition) is 3. The topological polar surface area (TPSA) is 40.5 Å². The quantitative estimate of drug-likeness (QED) is 0.792. The fraction of sp³-hybridized carbons (Fsp3) is 0.462. The molecule has 1 N–H and O–H groups in total. The summed E-state index contributed by atoms with van der Waals surface area (Å²) in [6.07, 6.45) is 3.93. The van der Waals surface area contributed by atoms with Crippen LogP contribution in [0.4, 0.5) is 0 Å². The summed E-state index contributed by atoms with van der Waals surface area (Å²) >= 11 is 1.67. The average molecular weight is 253 g/mol. The summed E-state index contributed by atoms with van der Waals surface area (Å²) in [7, 11) is 2.11. The van der Waals surface area contributed by atoms with Crippen molar-refractivity contribution in [1.29, 1.82) is 0 Å². The number of carboxylic acids is 1. The molecule has 0 aliphatic heterocycles. The molecule has 1 atom stereocenters. The standard InChI is InChI=1S/C13H19NO2S/c1-4-10(2)14(3)8-12-7-11(9-17-12)5-6-13(15)16/h5-7,9-10H,4,8H2,1-3H3,(H,15,16). The number of carboxylic acid groups (broad SMARTS) is 1. The van der Waals surface area contributed by atoms with Crippen LogP contribution in [0.2, 0.25) is 0 Å². The van der Waals surface area contributed by atoms with Gasteiger partial charge in [0.25, 0.3) is 0 Å². The molecule has 1 aromatic rings. The predicted molar refractivity (Wildman–Crippen MR) is 72.2 cm³/mol. The van der Waals surface area contributed by atoms with Crippen LogP contribution in [0.3, 0.4) is 0 Å². The molecule has 0 spiro atoms. The number of carbonyl (C=O) groups is 1. The Morgan fingerprint density at radius 3 is 2.94 bits per heavy atom. The van der Waals surface area contributed by atoms with Crippen molar-refractivity contribution in [2.45, 2.75) is 32.9 Å². The lowest BCUT2D eigenvalue weighted by Gasteiger charge is -2.22. The van der Waals surface area contributed by atoms with Gasteiger partial charge in [0.2, 0.25) is 0 Å². The van der Waals surface area contributed by atoms with E-state index in [-0.39, 0.29) is 0 Å². The molecule has 0 fully saturated rings. The maximum Gasteiger partial charge on any atom is 0.328 e. The normalized spacial score (nSPS) is 13.4. The number of aliphatic carboxylic acids is 1. The molecule has 0 aliphatic rings. The van der Waals surface area contributed by atoms with Crippen LogP contribution in [0.1, 0.15) is 30.7 Å². The molecule has 3 nitrogen and oxygen atoms in total. The molecular formula is C13H19NO2S. The summed E-state index contributed by atoms with van der Waals surface area (Å²) in [6, 6.07) is 2.61. The first-order valence-corrected chi connectivity index (χ1v) is 6.59. The lowest BCUT2D eigenvalue weighted by Crippen LogP contribution is -2.27. The third kappa shape index (κ3) is 4.71. The van der Waals surface area contributed by atoms with Gasteiger partial charge < -0.3 is 5.11 Å². The molecule has 1 aromatic heterocycles. The Labute approximate surface area is 106 Å². The summed E-state index contributed by atoms with van der Waals surface area (Å²) in [5, 5.41) is 10.5. The average Bonchev–Trinajstić information content (AvgIpc) is 2.73. The molecule has 0 aromatic carbocycles. The zero-order valence-electron chi connectivity index (χ0n) is 10.5. The molecule has 0 saturated heterocycles. The van der Waals surface area contributed by atoms with E-state index in [1.54, 1.807) is 17.4 Å². The van der Waals surface area contributed by atoms with Gasteiger partial charge in [0.1, 0.15) is 0 Å². The third-order valence-electron chi connectivity index (χ3n) is 2.84. The fourth-order valence-electron chi connectivity index (χ4n) is 1.45. The second-order valence-electron chi connectivity index (χ2n) is 4.19. The number of rotatable bonds is 6. The zero-order chi connectivity index (χ0) is 12.8. The van der Waals surface area contributed by atoms with Crippen molar-refractivity contribution >= 4 is 23.4 Å². The summed E-state index contributed by atoms with van der Waals surface area (Å²) in [4.78, 5) is 14.0. The van der Waals surface area contributed by atoms with E-state index < -0.39 is 5.97 Å². The summed E-state index contributed by atoms with van der Waals surface area (Å²) in [5.74, 6) is -0.908. The summed E-state index contributed by atoms with van der Waals surface area (Å²) in [5.41, 5.74) is 0.963. The molecule has 94 valence electrons. The predicted octanol–water partition coefficient (Wildman–Crippen LogP) is 3.08. The van der Waals surface area contributed by atoms with Crippen molar-refractivity contribution < 1.29 is 9.90 Å². The maximum atomic E-state index is 10.4. The van der Waals surface area contributed by atoms with Crippen LogP contribution in [0.15, 0.2) is 17.5 Å². The lowest BCUT2D eigenvalue weighted by molar-refractivity contribution is -0.131. The highest BCUT2D eigenvalue weighted by atomic mass is 32.1. The van der Waals surface area contributed by atoms with E-state index in [4.69, 9.17) is 5.11 Å². The van der Waals surface area contributed by atoms with Crippen LogP contribution in [0.5, 0.6) is 0 Å². The first kappa shape index (κ1) is 13.9. The molecule has 0 bridgehead atoms. The van der Waals surface area contributed by atoms with Gasteiger partial charge in [0.15, 0.2) is 0 Å². The Balaban J connectivity index is 2.59. The lowest BCUT2D eigenvalue weighted by atomic mass is 10.2. The third-order valence-corrected chi connectivity index (χ3v) is 3.78. The Hall–Kier alpha value is -1.13. The van der Waals surface area contributed by atoms with Gasteiger partial charge in [-0.05, 0) is 43.5 Å². The van der Waals surface area contributed by atoms with Crippen LogP contribution in [-0.4, -0.2) is 29.1 Å². The van der Waals surface area contributed by atoms with Gasteiger partial charge in [0, 0.05) is 23.5 Å². The second-order valence-corrected chi connectivity index (χ2v) is 5.19. The van der Waals surface area contributed by atoms with Crippen LogP contribution in [0.25, 0.3) is 6.08 Å². The van der Waals surface area contributed by atoms with E-state index in [0.29, 0.717) is 6.04 Å². The Kier molecular flexibility index (Phi) is 5.38. The van der Waals surface area contributed by atoms with E-state index in [0.717, 1.165) is 18.5 Å². The van der Waals surface area contributed by atoms with E-state index in [1.807, 2.05) is 11.4 Å². The molecule has 17 heavy (non-hydrogen) atoms. The van der Waals surface area contributed by atoms with Gasteiger partial charge in [-0.1, -0.05) is 6.92 Å². The van der Waals surface area contributed by atoms with Gasteiger partial charge in [-0.25, -0.2) is 4.79 Å². The SMILES string of the molecule is CCC(C)N(C)Cc1cc(C=CC(=O)O)cs1. The van der Waals surface area contributed by atoms with Crippen molar-refractivity contribution in [3.8, 4) is 0 Å². The van der Waals surface area contributed by atoms with Gasteiger partial charge in [-0.3, -0.25) is 4.90 Å². The minimum absolute atomic E-state index is 0.565. The van der Waals surface area contributed by atoms with Crippen molar-refractivity contribution in [1.82, 2.24) is 4.90 Å². The van der Waals surface area contributed by atoms with Gasteiger partial charge in [0.05, 0.1) is 0 Å². The largest absolute Gasteiger partial charge is 0.478 e. The smallest absolute Gasteiger partial charge is 0.328 e. The number of hydrogen-bond donors (Lipinski definition) is 1. The molecule has 0 saturated carbocycles. The fourth-order valence-corrected chi connectivity index (χ4v) is 2.37. The minimum atomic E-state index is -0.908. The molecule has 0 radical (unpaired) electrons. The van der Waals surface area contributed by atoms with Crippen molar-refractivity contribution in [2.24, 2.45) is 0 Å². The monoisotopic (exact) mass is 253 g/mol. The Morgan fingerprint density at radius 2 is 2.35 bits per heavy atom. The van der Waals surface area contributed by atoms with Crippen LogP contribution in [-0.2, 0) is 11.3 Å². The Morgan fingerprint density at radius 1 is 1.65 bits per heavy atom. The first-order chi connectivity index (χ1) is 8.02. The summed E-state index contributed by atoms with van der Waals surface area (Å²) < 4.78 is 0. The number of thiophene rings is 1. The molecule has 0 amide bonds. The molecule has 0 aliphatic carbocycles. The van der Waals surface area contributed by atoms with Crippen molar-refractivity contribution in [2.75, 3.05) is 7.05 Å². The summed E-state index contributed by atoms with van der Waals surface area (Å²) in [6.45, 7) is 5.30. The molecule has 1 heterocycles. The van der Waals surface area contributed by atoms with Crippen molar-refractivity contribution in [3.05, 3.63) is 28.0 Å². The van der Waals surface area contributed by atoms with Crippen molar-refractivity contribution in [3.63, 3.8) is 0 Å². The zero-order valence-corrected chi connectivity index (χ0v) is 11.3. The highest BCUT2D eigenvalue weighted by molar-refractivity contribution is 7.10. The molecule has 1 unspecified atom stereocenters. The first-order valence-electron chi connectivity index (χ1n) is 5.71. The highest BCUT2D eigenvalue weighted by Gasteiger charge is 2.08. The van der Waals surface area contributed by atoms with E-state index in [9.17, 15) is 4.79 Å². The van der Waals surface area contributed by atoms with Gasteiger partial charge >= 0.3 is 5.97 Å². The van der Waals surface area contributed by atoms with E-state index >= 15 is 0 Å².